The normalized spacial score (nSPS) is 13.0. The highest BCUT2D eigenvalue weighted by Crippen LogP contribution is 2.23. The van der Waals surface area contributed by atoms with Crippen LogP contribution in [-0.2, 0) is 4.79 Å². The average molecular weight is 277 g/mol. The fourth-order valence-electron chi connectivity index (χ4n) is 2.35. The third-order valence-corrected chi connectivity index (χ3v) is 3.68. The second kappa shape index (κ2) is 8.05. The Morgan fingerprint density at radius 3 is 2.50 bits per heavy atom. The molecule has 3 heteroatoms. The average Bonchev–Trinajstić information content (AvgIpc) is 2.45. The van der Waals surface area contributed by atoms with Crippen LogP contribution in [0.2, 0.25) is 0 Å². The molecule has 1 aromatic carbocycles. The van der Waals surface area contributed by atoms with Crippen LogP contribution in [0.4, 0.5) is 0 Å². The Morgan fingerprint density at radius 1 is 1.30 bits per heavy atom. The van der Waals surface area contributed by atoms with Gasteiger partial charge in [-0.25, -0.2) is 0 Å². The van der Waals surface area contributed by atoms with Gasteiger partial charge in [0, 0.05) is 13.2 Å². The summed E-state index contributed by atoms with van der Waals surface area (Å²) in [7, 11) is 0. The van der Waals surface area contributed by atoms with Crippen LogP contribution in [-0.4, -0.2) is 24.2 Å². The summed E-state index contributed by atoms with van der Waals surface area (Å²) < 4.78 is 0. The largest absolute Gasteiger partial charge is 0.396 e. The molecule has 0 spiro atoms. The van der Waals surface area contributed by atoms with Gasteiger partial charge in [0.1, 0.15) is 0 Å². The number of benzene rings is 1. The van der Waals surface area contributed by atoms with Crippen LogP contribution in [0.3, 0.4) is 0 Å². The van der Waals surface area contributed by atoms with Gasteiger partial charge in [-0.3, -0.25) is 4.79 Å². The summed E-state index contributed by atoms with van der Waals surface area (Å²) in [4.78, 5) is 12.3. The predicted molar refractivity (Wildman–Crippen MR) is 82.6 cm³/mol. The lowest BCUT2D eigenvalue weighted by Gasteiger charge is -2.26. The van der Waals surface area contributed by atoms with Crippen LogP contribution in [0.25, 0.3) is 0 Å². The molecule has 0 radical (unpaired) electrons. The van der Waals surface area contributed by atoms with Crippen molar-refractivity contribution in [3.05, 3.63) is 35.9 Å². The first kappa shape index (κ1) is 16.7. The van der Waals surface area contributed by atoms with Crippen molar-refractivity contribution >= 4 is 5.91 Å². The topological polar surface area (TPSA) is 49.3 Å². The summed E-state index contributed by atoms with van der Waals surface area (Å²) in [5, 5.41) is 12.0. The maximum atomic E-state index is 12.3. The van der Waals surface area contributed by atoms with Crippen molar-refractivity contribution in [1.82, 2.24) is 5.32 Å². The standard InChI is InChI=1S/C17H27NO2/c1-4-15(14-9-6-5-7-10-14)16(20)18-13-17(2,3)11-8-12-19/h5-7,9-10,15,19H,4,8,11-13H2,1-3H3,(H,18,20). The Labute approximate surface area is 122 Å². The van der Waals surface area contributed by atoms with E-state index in [4.69, 9.17) is 5.11 Å². The fourth-order valence-corrected chi connectivity index (χ4v) is 2.35. The van der Waals surface area contributed by atoms with E-state index in [1.165, 1.54) is 0 Å². The molecule has 1 atom stereocenters. The maximum Gasteiger partial charge on any atom is 0.227 e. The summed E-state index contributed by atoms with van der Waals surface area (Å²) in [5.74, 6) is 0.0145. The molecule has 0 heterocycles. The molecule has 0 fully saturated rings. The second-order valence-electron chi connectivity index (χ2n) is 6.08. The van der Waals surface area contributed by atoms with Gasteiger partial charge < -0.3 is 10.4 Å². The monoisotopic (exact) mass is 277 g/mol. The first-order chi connectivity index (χ1) is 9.50. The molecule has 0 aliphatic heterocycles. The zero-order valence-electron chi connectivity index (χ0n) is 12.9. The molecular formula is C17H27NO2. The second-order valence-corrected chi connectivity index (χ2v) is 6.08. The lowest BCUT2D eigenvalue weighted by molar-refractivity contribution is -0.123. The summed E-state index contributed by atoms with van der Waals surface area (Å²) in [6, 6.07) is 9.91. The summed E-state index contributed by atoms with van der Waals surface area (Å²) in [6.07, 6.45) is 2.48. The molecule has 0 saturated carbocycles. The molecule has 2 N–H and O–H groups in total. The number of hydrogen-bond donors (Lipinski definition) is 2. The molecule has 1 unspecified atom stereocenters. The molecule has 3 nitrogen and oxygen atoms in total. The van der Waals surface area contributed by atoms with E-state index in [-0.39, 0.29) is 23.8 Å². The van der Waals surface area contributed by atoms with Crippen molar-refractivity contribution in [2.45, 2.75) is 46.0 Å². The number of aliphatic hydroxyl groups excluding tert-OH is 1. The zero-order valence-corrected chi connectivity index (χ0v) is 12.9. The van der Waals surface area contributed by atoms with Gasteiger partial charge in [-0.1, -0.05) is 51.1 Å². The van der Waals surface area contributed by atoms with E-state index in [1.54, 1.807) is 0 Å². The molecule has 0 aliphatic rings. The zero-order chi connectivity index (χ0) is 15.0. The van der Waals surface area contributed by atoms with Crippen LogP contribution >= 0.6 is 0 Å². The summed E-state index contributed by atoms with van der Waals surface area (Å²) in [5.41, 5.74) is 1.09. The van der Waals surface area contributed by atoms with Crippen molar-refractivity contribution < 1.29 is 9.90 Å². The number of carbonyl (C=O) groups excluding carboxylic acids is 1. The van der Waals surface area contributed by atoms with E-state index in [2.05, 4.69) is 19.2 Å². The van der Waals surface area contributed by atoms with E-state index >= 15 is 0 Å². The van der Waals surface area contributed by atoms with E-state index in [9.17, 15) is 4.79 Å². The highest BCUT2D eigenvalue weighted by molar-refractivity contribution is 5.83. The third-order valence-electron chi connectivity index (χ3n) is 3.68. The third kappa shape index (κ3) is 5.33. The van der Waals surface area contributed by atoms with Gasteiger partial charge >= 0.3 is 0 Å². The molecule has 0 aromatic heterocycles. The number of hydrogen-bond acceptors (Lipinski definition) is 2. The van der Waals surface area contributed by atoms with E-state index < -0.39 is 0 Å². The SMILES string of the molecule is CCC(C(=O)NCC(C)(C)CCCO)c1ccccc1. The first-order valence-electron chi connectivity index (χ1n) is 7.43. The van der Waals surface area contributed by atoms with Crippen molar-refractivity contribution in [3.63, 3.8) is 0 Å². The molecule has 0 saturated heterocycles. The number of rotatable bonds is 8. The van der Waals surface area contributed by atoms with Crippen molar-refractivity contribution in [2.75, 3.05) is 13.2 Å². The van der Waals surface area contributed by atoms with Gasteiger partial charge in [-0.2, -0.15) is 0 Å². The molecule has 0 aliphatic carbocycles. The lowest BCUT2D eigenvalue weighted by atomic mass is 9.87. The summed E-state index contributed by atoms with van der Waals surface area (Å²) in [6.45, 7) is 7.13. The minimum atomic E-state index is -0.0789. The van der Waals surface area contributed by atoms with Crippen molar-refractivity contribution in [1.29, 1.82) is 0 Å². The van der Waals surface area contributed by atoms with Gasteiger partial charge in [0.15, 0.2) is 0 Å². The Morgan fingerprint density at radius 2 is 1.95 bits per heavy atom. The van der Waals surface area contributed by atoms with Crippen LogP contribution in [0, 0.1) is 5.41 Å². The number of carbonyl (C=O) groups is 1. The van der Waals surface area contributed by atoms with E-state index in [0.717, 1.165) is 24.8 Å². The fraction of sp³-hybridized carbons (Fsp3) is 0.588. The molecule has 0 bridgehead atoms. The Hall–Kier alpha value is -1.35. The Bertz CT molecular complexity index is 401. The Kier molecular flexibility index (Phi) is 6.73. The number of amides is 1. The van der Waals surface area contributed by atoms with Crippen LogP contribution in [0.1, 0.15) is 51.5 Å². The summed E-state index contributed by atoms with van der Waals surface area (Å²) >= 11 is 0. The van der Waals surface area contributed by atoms with Gasteiger partial charge in [0.25, 0.3) is 0 Å². The van der Waals surface area contributed by atoms with Crippen molar-refractivity contribution in [3.8, 4) is 0 Å². The maximum absolute atomic E-state index is 12.3. The van der Waals surface area contributed by atoms with Crippen LogP contribution in [0.15, 0.2) is 30.3 Å². The number of nitrogens with one attached hydrogen (secondary N) is 1. The lowest BCUT2D eigenvalue weighted by Crippen LogP contribution is -2.37. The molecular weight excluding hydrogens is 250 g/mol. The number of aliphatic hydroxyl groups is 1. The molecule has 1 aromatic rings. The molecule has 20 heavy (non-hydrogen) atoms. The highest BCUT2D eigenvalue weighted by Gasteiger charge is 2.22. The minimum absolute atomic E-state index is 0.0212. The molecule has 1 amide bonds. The molecule has 112 valence electrons. The predicted octanol–water partition coefficient (Wildman–Crippen LogP) is 3.10. The first-order valence-corrected chi connectivity index (χ1v) is 7.43. The van der Waals surface area contributed by atoms with Gasteiger partial charge in [-0.15, -0.1) is 0 Å². The van der Waals surface area contributed by atoms with Crippen LogP contribution in [0.5, 0.6) is 0 Å². The molecule has 1 rings (SSSR count). The van der Waals surface area contributed by atoms with E-state index in [0.29, 0.717) is 6.54 Å². The van der Waals surface area contributed by atoms with Crippen LogP contribution < -0.4 is 5.32 Å². The van der Waals surface area contributed by atoms with Gasteiger partial charge in [0.2, 0.25) is 5.91 Å². The minimum Gasteiger partial charge on any atom is -0.396 e. The highest BCUT2D eigenvalue weighted by atomic mass is 16.2. The smallest absolute Gasteiger partial charge is 0.227 e. The van der Waals surface area contributed by atoms with Crippen molar-refractivity contribution in [2.24, 2.45) is 5.41 Å². The Balaban J connectivity index is 2.56. The quantitative estimate of drug-likeness (QED) is 0.767. The van der Waals surface area contributed by atoms with Gasteiger partial charge in [-0.05, 0) is 30.2 Å². The van der Waals surface area contributed by atoms with E-state index in [1.807, 2.05) is 37.3 Å². The van der Waals surface area contributed by atoms with Gasteiger partial charge in [0.05, 0.1) is 5.92 Å².